The van der Waals surface area contributed by atoms with E-state index in [1.807, 2.05) is 0 Å². The van der Waals surface area contributed by atoms with Crippen LogP contribution in [0.2, 0.25) is 0 Å². The largest absolute Gasteiger partial charge is 0.462 e. The minimum Gasteiger partial charge on any atom is -0.462 e. The molecule has 30 heavy (non-hydrogen) atoms. The van der Waals surface area contributed by atoms with Gasteiger partial charge < -0.3 is 9.47 Å². The normalized spacial score (nSPS) is 11.1. The van der Waals surface area contributed by atoms with Gasteiger partial charge in [0.1, 0.15) is 0 Å². The number of hydrogen-bond acceptors (Lipinski definition) is 4. The van der Waals surface area contributed by atoms with Gasteiger partial charge in [-0.2, -0.15) is 0 Å². The molecule has 1 aromatic rings. The lowest BCUT2D eigenvalue weighted by Gasteiger charge is -2.13. The van der Waals surface area contributed by atoms with Crippen LogP contribution in [0.4, 0.5) is 0 Å². The van der Waals surface area contributed by atoms with Gasteiger partial charge in [-0.15, -0.1) is 0 Å². The first kappa shape index (κ1) is 26.2. The summed E-state index contributed by atoms with van der Waals surface area (Å²) >= 11 is 0. The Morgan fingerprint density at radius 1 is 0.667 bits per heavy atom. The summed E-state index contributed by atoms with van der Waals surface area (Å²) in [5.74, 6) is 0.620. The van der Waals surface area contributed by atoms with Crippen molar-refractivity contribution in [3.8, 4) is 0 Å². The molecule has 170 valence electrons. The highest BCUT2D eigenvalue weighted by molar-refractivity contribution is 6.03. The summed E-state index contributed by atoms with van der Waals surface area (Å²) in [7, 11) is 0. The van der Waals surface area contributed by atoms with Gasteiger partial charge in [0.25, 0.3) is 0 Å². The minimum absolute atomic E-state index is 0.291. The predicted octanol–water partition coefficient (Wildman–Crippen LogP) is 7.21. The van der Waals surface area contributed by atoms with Gasteiger partial charge in [0.15, 0.2) is 0 Å². The van der Waals surface area contributed by atoms with Crippen LogP contribution in [-0.4, -0.2) is 25.2 Å². The fourth-order valence-corrected chi connectivity index (χ4v) is 3.79. The molecular weight excluding hydrogens is 376 g/mol. The van der Waals surface area contributed by atoms with Gasteiger partial charge in [-0.1, -0.05) is 78.4 Å². The predicted molar refractivity (Wildman–Crippen MR) is 123 cm³/mol. The lowest BCUT2D eigenvalue weighted by molar-refractivity contribution is 0.0449. The van der Waals surface area contributed by atoms with Crippen LogP contribution < -0.4 is 0 Å². The number of esters is 2. The third kappa shape index (κ3) is 9.77. The maximum Gasteiger partial charge on any atom is 0.339 e. The van der Waals surface area contributed by atoms with Crippen molar-refractivity contribution < 1.29 is 19.1 Å². The molecular formula is C26H42O4. The van der Waals surface area contributed by atoms with E-state index < -0.39 is 11.9 Å². The average molecular weight is 419 g/mol. The third-order valence-electron chi connectivity index (χ3n) is 6.16. The van der Waals surface area contributed by atoms with Crippen molar-refractivity contribution in [3.05, 3.63) is 35.4 Å². The highest BCUT2D eigenvalue weighted by atomic mass is 16.5. The van der Waals surface area contributed by atoms with Crippen LogP contribution in [0.5, 0.6) is 0 Å². The zero-order chi connectivity index (χ0) is 22.2. The molecule has 4 nitrogen and oxygen atoms in total. The van der Waals surface area contributed by atoms with E-state index in [0.717, 1.165) is 37.5 Å². The molecule has 0 aliphatic carbocycles. The van der Waals surface area contributed by atoms with Crippen LogP contribution >= 0.6 is 0 Å². The monoisotopic (exact) mass is 418 g/mol. The van der Waals surface area contributed by atoms with Crippen LogP contribution in [0.1, 0.15) is 113 Å². The summed E-state index contributed by atoms with van der Waals surface area (Å²) in [5, 5.41) is 0. The Balaban J connectivity index is 2.42. The Bertz CT molecular complexity index is 550. The van der Waals surface area contributed by atoms with E-state index in [1.165, 1.54) is 38.5 Å². The summed E-state index contributed by atoms with van der Waals surface area (Å²) in [5.41, 5.74) is 0.582. The Morgan fingerprint density at radius 2 is 1.03 bits per heavy atom. The molecule has 0 bridgehead atoms. The van der Waals surface area contributed by atoms with Gasteiger partial charge in [0.2, 0.25) is 0 Å². The first-order valence-corrected chi connectivity index (χ1v) is 12.0. The Kier molecular flexibility index (Phi) is 13.9. The van der Waals surface area contributed by atoms with E-state index in [0.29, 0.717) is 24.3 Å². The second-order valence-corrected chi connectivity index (χ2v) is 8.17. The molecule has 0 aliphatic heterocycles. The van der Waals surface area contributed by atoms with E-state index in [9.17, 15) is 9.59 Å². The molecule has 0 saturated carbocycles. The maximum absolute atomic E-state index is 12.5. The fourth-order valence-electron chi connectivity index (χ4n) is 3.79. The summed E-state index contributed by atoms with van der Waals surface area (Å²) < 4.78 is 10.8. The molecule has 0 unspecified atom stereocenters. The van der Waals surface area contributed by atoms with Crippen LogP contribution in [0.3, 0.4) is 0 Å². The van der Waals surface area contributed by atoms with Gasteiger partial charge in [0.05, 0.1) is 24.3 Å². The number of rotatable bonds is 16. The van der Waals surface area contributed by atoms with Crippen LogP contribution in [0.25, 0.3) is 0 Å². The average Bonchev–Trinajstić information content (AvgIpc) is 2.78. The van der Waals surface area contributed by atoms with E-state index in [1.54, 1.807) is 24.3 Å². The van der Waals surface area contributed by atoms with E-state index in [-0.39, 0.29) is 0 Å². The number of benzene rings is 1. The summed E-state index contributed by atoms with van der Waals surface area (Å²) in [6.45, 7) is 9.65. The maximum atomic E-state index is 12.5. The SMILES string of the molecule is CCC(CC)CCCCOC(=O)c1ccccc1C(=O)OCCCCC(CC)CC. The number of carbonyl (C=O) groups excluding carboxylic acids is 2. The second-order valence-electron chi connectivity index (χ2n) is 8.17. The first-order chi connectivity index (χ1) is 14.6. The van der Waals surface area contributed by atoms with Crippen molar-refractivity contribution in [1.82, 2.24) is 0 Å². The Hall–Kier alpha value is -1.84. The molecule has 0 aromatic heterocycles. The molecule has 0 N–H and O–H groups in total. The molecule has 4 heteroatoms. The molecule has 0 aliphatic rings. The fraction of sp³-hybridized carbons (Fsp3) is 0.692. The van der Waals surface area contributed by atoms with Crippen molar-refractivity contribution in [3.63, 3.8) is 0 Å². The molecule has 0 radical (unpaired) electrons. The van der Waals surface area contributed by atoms with Crippen molar-refractivity contribution >= 4 is 11.9 Å². The lowest BCUT2D eigenvalue weighted by Crippen LogP contribution is -2.15. The zero-order valence-corrected chi connectivity index (χ0v) is 19.6. The van der Waals surface area contributed by atoms with Gasteiger partial charge in [-0.25, -0.2) is 9.59 Å². The minimum atomic E-state index is -0.446. The molecule has 0 atom stereocenters. The van der Waals surface area contributed by atoms with Gasteiger partial charge in [0, 0.05) is 0 Å². The number of hydrogen-bond donors (Lipinski definition) is 0. The van der Waals surface area contributed by atoms with E-state index in [4.69, 9.17) is 9.47 Å². The molecule has 1 aromatic carbocycles. The van der Waals surface area contributed by atoms with Gasteiger partial charge in [-0.3, -0.25) is 0 Å². The van der Waals surface area contributed by atoms with Gasteiger partial charge in [-0.05, 0) is 49.7 Å². The molecule has 0 fully saturated rings. The quantitative estimate of drug-likeness (QED) is 0.210. The molecule has 0 saturated heterocycles. The zero-order valence-electron chi connectivity index (χ0n) is 19.6. The van der Waals surface area contributed by atoms with Gasteiger partial charge >= 0.3 is 11.9 Å². The smallest absolute Gasteiger partial charge is 0.339 e. The highest BCUT2D eigenvalue weighted by Crippen LogP contribution is 2.18. The van der Waals surface area contributed by atoms with Crippen molar-refractivity contribution in [2.24, 2.45) is 11.8 Å². The number of ether oxygens (including phenoxy) is 2. The number of carbonyl (C=O) groups is 2. The van der Waals surface area contributed by atoms with Crippen molar-refractivity contribution in [1.29, 1.82) is 0 Å². The van der Waals surface area contributed by atoms with Crippen molar-refractivity contribution in [2.45, 2.75) is 91.9 Å². The molecule has 0 spiro atoms. The van der Waals surface area contributed by atoms with Crippen molar-refractivity contribution in [2.75, 3.05) is 13.2 Å². The Morgan fingerprint density at radius 3 is 1.37 bits per heavy atom. The third-order valence-corrected chi connectivity index (χ3v) is 6.16. The molecule has 0 heterocycles. The van der Waals surface area contributed by atoms with Crippen LogP contribution in [-0.2, 0) is 9.47 Å². The van der Waals surface area contributed by atoms with Crippen LogP contribution in [0, 0.1) is 11.8 Å². The summed E-state index contributed by atoms with van der Waals surface area (Å²) in [4.78, 5) is 24.9. The first-order valence-electron chi connectivity index (χ1n) is 12.0. The highest BCUT2D eigenvalue weighted by Gasteiger charge is 2.19. The lowest BCUT2D eigenvalue weighted by atomic mass is 9.97. The number of unbranched alkanes of at least 4 members (excludes halogenated alkanes) is 2. The standard InChI is InChI=1S/C26H42O4/c1-5-21(6-2)15-11-13-19-29-25(27)23-17-9-10-18-24(23)26(28)30-20-14-12-16-22(7-3)8-4/h9-10,17-18,21-22H,5-8,11-16,19-20H2,1-4H3. The second kappa shape index (κ2) is 15.9. The molecule has 0 amide bonds. The summed E-state index contributed by atoms with van der Waals surface area (Å²) in [6.07, 6.45) is 11.0. The molecule has 1 rings (SSSR count). The summed E-state index contributed by atoms with van der Waals surface area (Å²) in [6, 6.07) is 6.76. The van der Waals surface area contributed by atoms with E-state index in [2.05, 4.69) is 27.7 Å². The topological polar surface area (TPSA) is 52.6 Å². The Labute approximate surface area is 183 Å². The van der Waals surface area contributed by atoms with E-state index >= 15 is 0 Å². The van der Waals surface area contributed by atoms with Crippen LogP contribution in [0.15, 0.2) is 24.3 Å².